The van der Waals surface area contributed by atoms with Crippen LogP contribution in [0, 0.1) is 0 Å². The van der Waals surface area contributed by atoms with Gasteiger partial charge in [-0.2, -0.15) is 0 Å². The summed E-state index contributed by atoms with van der Waals surface area (Å²) in [6.45, 7) is 0. The molecule has 136 valence electrons. The minimum Gasteiger partial charge on any atom is -0.496 e. The molecule has 1 heterocycles. The summed E-state index contributed by atoms with van der Waals surface area (Å²) in [4.78, 5) is 0. The zero-order valence-electron chi connectivity index (χ0n) is 15.4. The molecule has 0 saturated heterocycles. The second-order valence-corrected chi connectivity index (χ2v) is 6.29. The molecule has 0 radical (unpaired) electrons. The molecule has 1 aliphatic rings. The van der Waals surface area contributed by atoms with Gasteiger partial charge in [-0.1, -0.05) is 54.6 Å². The van der Waals surface area contributed by atoms with E-state index in [2.05, 4.69) is 52.9 Å². The van der Waals surface area contributed by atoms with Gasteiger partial charge in [0.2, 0.25) is 0 Å². The Bertz CT molecular complexity index is 917. The highest BCUT2D eigenvalue weighted by Crippen LogP contribution is 2.40. The van der Waals surface area contributed by atoms with Crippen molar-refractivity contribution in [3.63, 3.8) is 0 Å². The Balaban J connectivity index is 1.82. The van der Waals surface area contributed by atoms with Crippen LogP contribution in [0.25, 0.3) is 5.70 Å². The number of hydrazine groups is 1. The van der Waals surface area contributed by atoms with Gasteiger partial charge in [-0.3, -0.25) is 10.4 Å². The fraction of sp³-hybridized carbons (Fsp3) is 0.130. The maximum Gasteiger partial charge on any atom is 0.131 e. The molecule has 1 atom stereocenters. The Morgan fingerprint density at radius 1 is 0.741 bits per heavy atom. The molecule has 27 heavy (non-hydrogen) atoms. The van der Waals surface area contributed by atoms with Crippen LogP contribution in [0.2, 0.25) is 0 Å². The maximum atomic E-state index is 5.60. The lowest BCUT2D eigenvalue weighted by Crippen LogP contribution is -2.34. The van der Waals surface area contributed by atoms with E-state index in [-0.39, 0.29) is 6.04 Å². The highest BCUT2D eigenvalue weighted by atomic mass is 16.5. The highest BCUT2D eigenvalue weighted by molar-refractivity contribution is 5.79. The van der Waals surface area contributed by atoms with Crippen LogP contribution in [-0.4, -0.2) is 14.2 Å². The minimum absolute atomic E-state index is 0.0539. The van der Waals surface area contributed by atoms with Crippen LogP contribution in [0.4, 0.5) is 5.69 Å². The normalized spacial score (nSPS) is 15.9. The van der Waals surface area contributed by atoms with Crippen LogP contribution < -0.4 is 19.9 Å². The molecule has 0 aliphatic carbocycles. The molecule has 0 aromatic heterocycles. The molecular formula is C23H22N2O2. The molecule has 4 rings (SSSR count). The molecule has 0 saturated carbocycles. The van der Waals surface area contributed by atoms with Gasteiger partial charge in [-0.25, -0.2) is 0 Å². The minimum atomic E-state index is 0.0539. The largest absolute Gasteiger partial charge is 0.496 e. The van der Waals surface area contributed by atoms with Gasteiger partial charge in [0.25, 0.3) is 0 Å². The van der Waals surface area contributed by atoms with Crippen molar-refractivity contribution >= 4 is 11.4 Å². The molecule has 3 aromatic carbocycles. The Morgan fingerprint density at radius 3 is 1.93 bits per heavy atom. The average Bonchev–Trinajstić information content (AvgIpc) is 3.19. The summed E-state index contributed by atoms with van der Waals surface area (Å²) in [7, 11) is 3.36. The number of ether oxygens (including phenoxy) is 2. The Kier molecular flexibility index (Phi) is 4.71. The van der Waals surface area contributed by atoms with Crippen molar-refractivity contribution in [2.75, 3.05) is 19.2 Å². The van der Waals surface area contributed by atoms with E-state index in [9.17, 15) is 0 Å². The summed E-state index contributed by atoms with van der Waals surface area (Å²) in [5.41, 5.74) is 7.73. The van der Waals surface area contributed by atoms with Gasteiger partial charge >= 0.3 is 0 Å². The van der Waals surface area contributed by atoms with E-state index in [0.29, 0.717) is 0 Å². The number of hydrogen-bond donors (Lipinski definition) is 1. The fourth-order valence-corrected chi connectivity index (χ4v) is 3.43. The molecule has 0 amide bonds. The number of nitrogens with zero attached hydrogens (tertiary/aromatic N) is 1. The monoisotopic (exact) mass is 358 g/mol. The number of benzene rings is 3. The smallest absolute Gasteiger partial charge is 0.131 e. The van der Waals surface area contributed by atoms with Crippen molar-refractivity contribution < 1.29 is 9.47 Å². The van der Waals surface area contributed by atoms with Crippen LogP contribution >= 0.6 is 0 Å². The summed E-state index contributed by atoms with van der Waals surface area (Å²) < 4.78 is 11.2. The van der Waals surface area contributed by atoms with Crippen LogP contribution in [-0.2, 0) is 0 Å². The number of anilines is 1. The SMILES string of the molecule is COc1cccc(OC)c1C1=CC(c2ccccc2)N(c2ccccc2)N1. The molecular weight excluding hydrogens is 336 g/mol. The lowest BCUT2D eigenvalue weighted by molar-refractivity contribution is 0.391. The number of para-hydroxylation sites is 1. The number of methoxy groups -OCH3 is 2. The number of rotatable bonds is 5. The van der Waals surface area contributed by atoms with Gasteiger partial charge in [-0.15, -0.1) is 0 Å². The number of nitrogens with one attached hydrogen (secondary N) is 1. The van der Waals surface area contributed by atoms with Gasteiger partial charge < -0.3 is 9.47 Å². The molecule has 3 aromatic rings. The Morgan fingerprint density at radius 2 is 1.33 bits per heavy atom. The second-order valence-electron chi connectivity index (χ2n) is 6.29. The van der Waals surface area contributed by atoms with Gasteiger partial charge in [0.1, 0.15) is 11.5 Å². The summed E-state index contributed by atoms with van der Waals surface area (Å²) in [5.74, 6) is 1.55. The van der Waals surface area contributed by atoms with Crippen molar-refractivity contribution in [3.05, 3.63) is 96.1 Å². The zero-order valence-corrected chi connectivity index (χ0v) is 15.4. The van der Waals surface area contributed by atoms with Crippen LogP contribution in [0.1, 0.15) is 17.2 Å². The van der Waals surface area contributed by atoms with E-state index in [1.165, 1.54) is 5.56 Å². The molecule has 1 unspecified atom stereocenters. The average molecular weight is 358 g/mol. The molecule has 4 heteroatoms. The molecule has 1 aliphatic heterocycles. The van der Waals surface area contributed by atoms with Crippen molar-refractivity contribution in [2.45, 2.75) is 6.04 Å². The van der Waals surface area contributed by atoms with Gasteiger partial charge in [0.15, 0.2) is 0 Å². The van der Waals surface area contributed by atoms with E-state index in [1.807, 2.05) is 42.5 Å². The van der Waals surface area contributed by atoms with E-state index in [0.717, 1.165) is 28.4 Å². The molecule has 0 bridgehead atoms. The van der Waals surface area contributed by atoms with Gasteiger partial charge in [0.05, 0.1) is 37.2 Å². The first kappa shape index (κ1) is 17.0. The molecule has 0 fully saturated rings. The van der Waals surface area contributed by atoms with Crippen molar-refractivity contribution in [1.29, 1.82) is 0 Å². The molecule has 0 spiro atoms. The standard InChI is InChI=1S/C23H22N2O2/c1-26-21-14-9-15-22(27-2)23(21)19-16-20(17-10-5-3-6-11-17)25(24-19)18-12-7-4-8-13-18/h3-16,20,24H,1-2H3. The highest BCUT2D eigenvalue weighted by Gasteiger charge is 2.29. The van der Waals surface area contributed by atoms with E-state index in [1.54, 1.807) is 14.2 Å². The Labute approximate surface area is 159 Å². The lowest BCUT2D eigenvalue weighted by atomic mass is 10.0. The van der Waals surface area contributed by atoms with Gasteiger partial charge in [-0.05, 0) is 35.9 Å². The fourth-order valence-electron chi connectivity index (χ4n) is 3.43. The first-order valence-corrected chi connectivity index (χ1v) is 8.91. The molecule has 4 nitrogen and oxygen atoms in total. The topological polar surface area (TPSA) is 33.7 Å². The third-order valence-electron chi connectivity index (χ3n) is 4.72. The lowest BCUT2D eigenvalue weighted by Gasteiger charge is -2.28. The van der Waals surface area contributed by atoms with Crippen LogP contribution in [0.15, 0.2) is 84.9 Å². The summed E-state index contributed by atoms with van der Waals surface area (Å²) in [6, 6.07) is 26.6. The summed E-state index contributed by atoms with van der Waals surface area (Å²) in [5, 5.41) is 2.16. The van der Waals surface area contributed by atoms with E-state index < -0.39 is 0 Å². The first-order valence-electron chi connectivity index (χ1n) is 8.91. The van der Waals surface area contributed by atoms with E-state index >= 15 is 0 Å². The number of hydrogen-bond acceptors (Lipinski definition) is 4. The van der Waals surface area contributed by atoms with Crippen molar-refractivity contribution in [1.82, 2.24) is 5.43 Å². The third-order valence-corrected chi connectivity index (χ3v) is 4.72. The van der Waals surface area contributed by atoms with Gasteiger partial charge in [0, 0.05) is 0 Å². The van der Waals surface area contributed by atoms with Crippen LogP contribution in [0.5, 0.6) is 11.5 Å². The van der Waals surface area contributed by atoms with Crippen molar-refractivity contribution in [3.8, 4) is 11.5 Å². The predicted octanol–water partition coefficient (Wildman–Crippen LogP) is 4.81. The Hall–Kier alpha value is -3.40. The zero-order chi connectivity index (χ0) is 18.6. The quantitative estimate of drug-likeness (QED) is 0.710. The van der Waals surface area contributed by atoms with Crippen LogP contribution in [0.3, 0.4) is 0 Å². The van der Waals surface area contributed by atoms with Crippen molar-refractivity contribution in [2.24, 2.45) is 0 Å². The second kappa shape index (κ2) is 7.46. The first-order chi connectivity index (χ1) is 13.3. The predicted molar refractivity (Wildman–Crippen MR) is 109 cm³/mol. The summed E-state index contributed by atoms with van der Waals surface area (Å²) in [6.07, 6.45) is 2.21. The van der Waals surface area contributed by atoms with E-state index in [4.69, 9.17) is 9.47 Å². The summed E-state index contributed by atoms with van der Waals surface area (Å²) >= 11 is 0. The molecule has 1 N–H and O–H groups in total. The third kappa shape index (κ3) is 3.22. The maximum absolute atomic E-state index is 5.60.